The average molecular weight is 352 g/mol. The van der Waals surface area contributed by atoms with Crippen LogP contribution in [0.4, 0.5) is 5.69 Å². The van der Waals surface area contributed by atoms with Gasteiger partial charge in [0.15, 0.2) is 0 Å². The number of nitrogens with one attached hydrogen (secondary N) is 1. The number of carboxylic acid groups (broad SMARTS) is 1. The van der Waals surface area contributed by atoms with Crippen molar-refractivity contribution in [2.75, 3.05) is 12.0 Å². The molecule has 23 heavy (non-hydrogen) atoms. The number of hydrogen-bond acceptors (Lipinski definition) is 5. The first-order chi connectivity index (χ1) is 11.0. The minimum absolute atomic E-state index is 0.427. The van der Waals surface area contributed by atoms with Crippen molar-refractivity contribution in [1.82, 2.24) is 0 Å². The molecule has 0 aliphatic carbocycles. The van der Waals surface area contributed by atoms with E-state index in [9.17, 15) is 9.90 Å². The van der Waals surface area contributed by atoms with Crippen LogP contribution in [0.15, 0.2) is 47.6 Å². The molecule has 0 unspecified atom stereocenters. The lowest BCUT2D eigenvalue weighted by Gasteiger charge is -2.09. The van der Waals surface area contributed by atoms with Gasteiger partial charge in [0.2, 0.25) is 0 Å². The summed E-state index contributed by atoms with van der Waals surface area (Å²) in [5.74, 6) is -0.849. The van der Waals surface area contributed by atoms with Crippen LogP contribution in [0.1, 0.15) is 12.5 Å². The van der Waals surface area contributed by atoms with Crippen LogP contribution in [-0.2, 0) is 4.79 Å². The Morgan fingerprint density at radius 2 is 2.00 bits per heavy atom. The highest BCUT2D eigenvalue weighted by molar-refractivity contribution is 6.42. The van der Waals surface area contributed by atoms with Crippen molar-refractivity contribution in [3.05, 3.63) is 58.1 Å². The highest BCUT2D eigenvalue weighted by atomic mass is 35.5. The molecule has 0 bridgehead atoms. The first kappa shape index (κ1) is 17.1. The van der Waals surface area contributed by atoms with Crippen LogP contribution in [0.5, 0.6) is 5.75 Å². The van der Waals surface area contributed by atoms with Crippen LogP contribution in [0, 0.1) is 0 Å². The molecule has 120 valence electrons. The molecule has 2 rings (SSSR count). The second-order valence-corrected chi connectivity index (χ2v) is 5.44. The van der Waals surface area contributed by atoms with Gasteiger partial charge in [-0.15, -0.1) is 0 Å². The fourth-order valence-electron chi connectivity index (χ4n) is 1.73. The lowest BCUT2D eigenvalue weighted by atomic mass is 10.1. The van der Waals surface area contributed by atoms with E-state index in [-0.39, 0.29) is 0 Å². The predicted octanol–water partition coefficient (Wildman–Crippen LogP) is 2.96. The molecule has 0 radical (unpaired) electrons. The van der Waals surface area contributed by atoms with Crippen LogP contribution < -0.4 is 15.3 Å². The number of benzene rings is 2. The lowest BCUT2D eigenvalue weighted by Crippen LogP contribution is -2.28. The summed E-state index contributed by atoms with van der Waals surface area (Å²) in [4.78, 5) is 10.4. The zero-order chi connectivity index (χ0) is 16.8. The SMILES string of the molecule is C/C(=N/Nc1ccc(Cl)c(Cl)c1)c1cccc(OCC(=O)[O-])c1. The minimum atomic E-state index is -1.28. The standard InChI is InChI=1S/C16H14Cl2N2O3/c1-10(19-20-12-5-6-14(17)15(18)8-12)11-3-2-4-13(7-11)23-9-16(21)22/h2-8,20H,9H2,1H3,(H,21,22)/p-1/b19-10-. The molecule has 0 amide bonds. The van der Waals surface area contributed by atoms with Gasteiger partial charge in [-0.05, 0) is 37.3 Å². The van der Waals surface area contributed by atoms with Gasteiger partial charge in [-0.2, -0.15) is 5.10 Å². The first-order valence-corrected chi connectivity index (χ1v) is 7.40. The Hall–Kier alpha value is -2.24. The molecule has 0 aliphatic rings. The number of ether oxygens (including phenoxy) is 1. The van der Waals surface area contributed by atoms with Crippen LogP contribution in [-0.4, -0.2) is 18.3 Å². The number of rotatable bonds is 6. The number of nitrogens with zero attached hydrogens (tertiary/aromatic N) is 1. The maximum absolute atomic E-state index is 10.4. The summed E-state index contributed by atoms with van der Waals surface area (Å²) in [6, 6.07) is 12.0. The molecule has 0 saturated carbocycles. The number of aliphatic carboxylic acids is 1. The van der Waals surface area contributed by atoms with E-state index in [1.807, 2.05) is 13.0 Å². The van der Waals surface area contributed by atoms with Gasteiger partial charge >= 0.3 is 0 Å². The van der Waals surface area contributed by atoms with Crippen molar-refractivity contribution in [2.24, 2.45) is 5.10 Å². The predicted molar refractivity (Wildman–Crippen MR) is 89.2 cm³/mol. The molecular weight excluding hydrogens is 339 g/mol. The normalized spacial score (nSPS) is 11.2. The fraction of sp³-hybridized carbons (Fsp3) is 0.125. The zero-order valence-electron chi connectivity index (χ0n) is 12.2. The molecule has 2 aromatic rings. The van der Waals surface area contributed by atoms with E-state index in [1.165, 1.54) is 0 Å². The molecule has 5 nitrogen and oxygen atoms in total. The largest absolute Gasteiger partial charge is 0.546 e. The first-order valence-electron chi connectivity index (χ1n) is 6.64. The van der Waals surface area contributed by atoms with Gasteiger partial charge in [-0.3, -0.25) is 5.43 Å². The number of halogens is 2. The smallest absolute Gasteiger partial charge is 0.128 e. The highest BCUT2D eigenvalue weighted by Gasteiger charge is 2.02. The maximum Gasteiger partial charge on any atom is 0.128 e. The minimum Gasteiger partial charge on any atom is -0.546 e. The Kier molecular flexibility index (Phi) is 5.84. The van der Waals surface area contributed by atoms with E-state index in [0.29, 0.717) is 27.2 Å². The van der Waals surface area contributed by atoms with Crippen LogP contribution in [0.3, 0.4) is 0 Å². The molecule has 0 aliphatic heterocycles. The third-order valence-electron chi connectivity index (χ3n) is 2.88. The molecule has 7 heteroatoms. The van der Waals surface area contributed by atoms with Crippen molar-refractivity contribution < 1.29 is 14.6 Å². The lowest BCUT2D eigenvalue weighted by molar-refractivity contribution is -0.307. The quantitative estimate of drug-likeness (QED) is 0.641. The Bertz CT molecular complexity index is 748. The van der Waals surface area contributed by atoms with E-state index < -0.39 is 12.6 Å². The van der Waals surface area contributed by atoms with Gasteiger partial charge in [0, 0.05) is 5.56 Å². The van der Waals surface area contributed by atoms with Crippen molar-refractivity contribution in [2.45, 2.75) is 6.92 Å². The van der Waals surface area contributed by atoms with Crippen LogP contribution in [0.2, 0.25) is 10.0 Å². The Labute approximate surface area is 143 Å². The van der Waals surface area contributed by atoms with E-state index in [2.05, 4.69) is 10.5 Å². The number of carboxylic acids is 1. The topological polar surface area (TPSA) is 73.8 Å². The van der Waals surface area contributed by atoms with Crippen LogP contribution in [0.25, 0.3) is 0 Å². The molecular formula is C16H13Cl2N2O3-. The van der Waals surface area contributed by atoms with Gasteiger partial charge < -0.3 is 14.6 Å². The Balaban J connectivity index is 2.09. The molecule has 0 spiro atoms. The fourth-order valence-corrected chi connectivity index (χ4v) is 2.03. The maximum atomic E-state index is 10.4. The molecule has 2 aromatic carbocycles. The second-order valence-electron chi connectivity index (χ2n) is 4.63. The van der Waals surface area contributed by atoms with E-state index in [0.717, 1.165) is 5.56 Å². The Morgan fingerprint density at radius 1 is 1.22 bits per heavy atom. The number of anilines is 1. The number of carbonyl (C=O) groups excluding carboxylic acids is 1. The van der Waals surface area contributed by atoms with E-state index in [4.69, 9.17) is 27.9 Å². The van der Waals surface area contributed by atoms with Gasteiger partial charge in [0.1, 0.15) is 12.4 Å². The summed E-state index contributed by atoms with van der Waals surface area (Å²) in [5.41, 5.74) is 5.05. The van der Waals surface area contributed by atoms with Gasteiger partial charge in [0.05, 0.1) is 27.4 Å². The summed E-state index contributed by atoms with van der Waals surface area (Å²) < 4.78 is 5.08. The number of carbonyl (C=O) groups is 1. The van der Waals surface area contributed by atoms with E-state index in [1.54, 1.807) is 36.4 Å². The van der Waals surface area contributed by atoms with Gasteiger partial charge in [-0.1, -0.05) is 35.3 Å². The molecule has 0 atom stereocenters. The third kappa shape index (κ3) is 5.16. The number of hydrogen-bond donors (Lipinski definition) is 1. The molecule has 1 N–H and O–H groups in total. The van der Waals surface area contributed by atoms with Crippen molar-refractivity contribution >= 4 is 40.6 Å². The molecule has 0 saturated heterocycles. The zero-order valence-corrected chi connectivity index (χ0v) is 13.7. The third-order valence-corrected chi connectivity index (χ3v) is 3.62. The summed E-state index contributed by atoms with van der Waals surface area (Å²) in [6.07, 6.45) is 0. The molecule has 0 heterocycles. The van der Waals surface area contributed by atoms with E-state index >= 15 is 0 Å². The summed E-state index contributed by atoms with van der Waals surface area (Å²) in [6.45, 7) is 1.31. The monoisotopic (exact) mass is 351 g/mol. The second kappa shape index (κ2) is 7.85. The number of hydrazone groups is 1. The van der Waals surface area contributed by atoms with Gasteiger partial charge in [0.25, 0.3) is 0 Å². The van der Waals surface area contributed by atoms with Crippen molar-refractivity contribution in [3.63, 3.8) is 0 Å². The summed E-state index contributed by atoms with van der Waals surface area (Å²) in [7, 11) is 0. The average Bonchev–Trinajstić information content (AvgIpc) is 2.54. The van der Waals surface area contributed by atoms with Crippen LogP contribution >= 0.6 is 23.2 Å². The van der Waals surface area contributed by atoms with Crippen molar-refractivity contribution in [3.8, 4) is 5.75 Å². The Morgan fingerprint density at radius 3 is 2.70 bits per heavy atom. The van der Waals surface area contributed by atoms with Gasteiger partial charge in [-0.25, -0.2) is 0 Å². The highest BCUT2D eigenvalue weighted by Crippen LogP contribution is 2.25. The summed E-state index contributed by atoms with van der Waals surface area (Å²) >= 11 is 11.8. The molecule has 0 fully saturated rings. The van der Waals surface area contributed by atoms with Crippen molar-refractivity contribution in [1.29, 1.82) is 0 Å². The molecule has 0 aromatic heterocycles. The summed E-state index contributed by atoms with van der Waals surface area (Å²) in [5, 5.41) is 15.6.